The summed E-state index contributed by atoms with van der Waals surface area (Å²) in [6.45, 7) is 0.898. The van der Waals surface area contributed by atoms with Gasteiger partial charge in [0.2, 0.25) is 0 Å². The lowest BCUT2D eigenvalue weighted by atomic mass is 10.1. The highest BCUT2D eigenvalue weighted by atomic mass is 16.7. The molecule has 3 heteroatoms. The van der Waals surface area contributed by atoms with E-state index in [1.807, 2.05) is 18.1 Å². The van der Waals surface area contributed by atoms with Crippen molar-refractivity contribution < 1.29 is 4.84 Å². The zero-order chi connectivity index (χ0) is 9.80. The summed E-state index contributed by atoms with van der Waals surface area (Å²) < 4.78 is 0. The van der Waals surface area contributed by atoms with Crippen molar-refractivity contribution in [3.8, 4) is 0 Å². The molecule has 0 saturated heterocycles. The van der Waals surface area contributed by atoms with E-state index in [1.165, 1.54) is 11.1 Å². The first-order valence-electron chi connectivity index (χ1n) is 4.69. The van der Waals surface area contributed by atoms with Crippen molar-refractivity contribution in [1.82, 2.24) is 10.6 Å². The van der Waals surface area contributed by atoms with E-state index in [-0.39, 0.29) is 0 Å². The van der Waals surface area contributed by atoms with E-state index in [1.54, 1.807) is 6.26 Å². The first-order valence-corrected chi connectivity index (χ1v) is 4.69. The molecule has 1 aliphatic heterocycles. The Morgan fingerprint density at radius 3 is 2.86 bits per heavy atom. The van der Waals surface area contributed by atoms with Crippen LogP contribution in [0.3, 0.4) is 0 Å². The van der Waals surface area contributed by atoms with E-state index in [4.69, 9.17) is 4.84 Å². The lowest BCUT2D eigenvalue weighted by Crippen LogP contribution is -2.38. The number of hydrazine groups is 1. The molecule has 0 atom stereocenters. The Balaban J connectivity index is 2.01. The van der Waals surface area contributed by atoms with Gasteiger partial charge < -0.3 is 4.84 Å². The van der Waals surface area contributed by atoms with Gasteiger partial charge in [-0.05, 0) is 17.6 Å². The van der Waals surface area contributed by atoms with Gasteiger partial charge in [-0.1, -0.05) is 35.9 Å². The minimum Gasteiger partial charge on any atom is -0.401 e. The molecule has 1 N–H and O–H groups in total. The second-order valence-corrected chi connectivity index (χ2v) is 3.50. The number of hydrogen-bond donors (Lipinski definition) is 1. The minimum atomic E-state index is 0.898. The molecule has 0 radical (unpaired) electrons. The maximum atomic E-state index is 5.08. The van der Waals surface area contributed by atoms with E-state index in [0.29, 0.717) is 0 Å². The van der Waals surface area contributed by atoms with Crippen LogP contribution in [0.25, 0.3) is 0 Å². The fraction of sp³-hybridized carbons (Fsp3) is 0.273. The Labute approximate surface area is 83.9 Å². The second kappa shape index (κ2) is 4.26. The first-order chi connectivity index (χ1) is 6.84. The lowest BCUT2D eigenvalue weighted by Gasteiger charge is -2.23. The maximum absolute atomic E-state index is 5.08. The summed E-state index contributed by atoms with van der Waals surface area (Å²) in [4.78, 5) is 5.08. The summed E-state index contributed by atoms with van der Waals surface area (Å²) in [7, 11) is 1.96. The van der Waals surface area contributed by atoms with Crippen molar-refractivity contribution in [2.45, 2.75) is 6.42 Å². The zero-order valence-electron chi connectivity index (χ0n) is 8.23. The highest BCUT2D eigenvalue weighted by Gasteiger charge is 2.09. The molecule has 0 spiro atoms. The molecular weight excluding hydrogens is 176 g/mol. The monoisotopic (exact) mass is 190 g/mol. The second-order valence-electron chi connectivity index (χ2n) is 3.50. The first kappa shape index (κ1) is 9.24. The molecule has 0 aliphatic carbocycles. The highest BCUT2D eigenvalue weighted by Crippen LogP contribution is 2.10. The average molecular weight is 190 g/mol. The Kier molecular flexibility index (Phi) is 2.81. The van der Waals surface area contributed by atoms with E-state index < -0.39 is 0 Å². The summed E-state index contributed by atoms with van der Waals surface area (Å²) in [6.07, 6.45) is 2.74. The molecule has 0 aromatic heterocycles. The topological polar surface area (TPSA) is 24.5 Å². The van der Waals surface area contributed by atoms with Gasteiger partial charge in [0.25, 0.3) is 0 Å². The van der Waals surface area contributed by atoms with Crippen molar-refractivity contribution in [3.63, 3.8) is 0 Å². The molecule has 0 unspecified atom stereocenters. The fourth-order valence-electron chi connectivity index (χ4n) is 1.53. The number of nitrogens with zero attached hydrogens (tertiary/aromatic N) is 1. The van der Waals surface area contributed by atoms with Gasteiger partial charge in [0, 0.05) is 13.6 Å². The molecule has 1 aromatic rings. The summed E-state index contributed by atoms with van der Waals surface area (Å²) in [6, 6.07) is 10.4. The van der Waals surface area contributed by atoms with Crippen LogP contribution in [0, 0.1) is 0 Å². The summed E-state index contributed by atoms with van der Waals surface area (Å²) in [5.41, 5.74) is 5.35. The van der Waals surface area contributed by atoms with Gasteiger partial charge in [0.05, 0.1) is 0 Å². The van der Waals surface area contributed by atoms with Crippen LogP contribution in [-0.2, 0) is 11.3 Å². The normalized spacial score (nSPS) is 17.4. The number of hydrogen-bond acceptors (Lipinski definition) is 3. The number of benzene rings is 1. The van der Waals surface area contributed by atoms with Gasteiger partial charge in [0.15, 0.2) is 0 Å². The predicted molar refractivity (Wildman–Crippen MR) is 55.1 cm³/mol. The molecule has 1 aromatic carbocycles. The Morgan fingerprint density at radius 1 is 1.36 bits per heavy atom. The average Bonchev–Trinajstić information content (AvgIpc) is 2.19. The van der Waals surface area contributed by atoms with Crippen molar-refractivity contribution in [2.24, 2.45) is 0 Å². The zero-order valence-corrected chi connectivity index (χ0v) is 8.23. The van der Waals surface area contributed by atoms with Gasteiger partial charge in [-0.15, -0.1) is 0 Å². The van der Waals surface area contributed by atoms with Crippen molar-refractivity contribution in [3.05, 3.63) is 47.7 Å². The van der Waals surface area contributed by atoms with Crippen molar-refractivity contribution in [2.75, 3.05) is 13.6 Å². The molecule has 2 rings (SSSR count). The van der Waals surface area contributed by atoms with Crippen LogP contribution >= 0.6 is 0 Å². The SMILES string of the molecule is CN1CC(Cc2ccccc2)=CON1. The summed E-state index contributed by atoms with van der Waals surface area (Å²) >= 11 is 0. The minimum absolute atomic E-state index is 0.898. The Hall–Kier alpha value is -1.32. The van der Waals surface area contributed by atoms with E-state index in [2.05, 4.69) is 29.9 Å². The van der Waals surface area contributed by atoms with Gasteiger partial charge in [0.1, 0.15) is 6.26 Å². The van der Waals surface area contributed by atoms with Crippen molar-refractivity contribution in [1.29, 1.82) is 0 Å². The van der Waals surface area contributed by atoms with E-state index in [0.717, 1.165) is 13.0 Å². The third-order valence-electron chi connectivity index (χ3n) is 2.15. The third kappa shape index (κ3) is 2.34. The standard InChI is InChI=1S/C11H14N2O/c1-13-8-11(9-14-12-13)7-10-5-3-2-4-6-10/h2-6,9,12H,7-8H2,1H3. The van der Waals surface area contributed by atoms with Crippen LogP contribution in [0.15, 0.2) is 42.2 Å². The fourth-order valence-corrected chi connectivity index (χ4v) is 1.53. The third-order valence-corrected chi connectivity index (χ3v) is 2.15. The number of likely N-dealkylation sites (N-methyl/N-ethyl adjacent to an activating group) is 1. The Morgan fingerprint density at radius 2 is 2.14 bits per heavy atom. The molecule has 0 saturated carbocycles. The van der Waals surface area contributed by atoms with Crippen LogP contribution in [0.4, 0.5) is 0 Å². The molecule has 1 aliphatic rings. The van der Waals surface area contributed by atoms with Gasteiger partial charge in [-0.2, -0.15) is 0 Å². The van der Waals surface area contributed by atoms with Gasteiger partial charge in [-0.25, -0.2) is 5.01 Å². The molecule has 3 nitrogen and oxygen atoms in total. The summed E-state index contributed by atoms with van der Waals surface area (Å²) in [5, 5.41) is 1.91. The van der Waals surface area contributed by atoms with Crippen LogP contribution in [0.5, 0.6) is 0 Å². The smallest absolute Gasteiger partial charge is 0.114 e. The molecule has 0 amide bonds. The number of nitrogens with one attached hydrogen (secondary N) is 1. The quantitative estimate of drug-likeness (QED) is 0.764. The van der Waals surface area contributed by atoms with Crippen LogP contribution < -0.4 is 5.59 Å². The van der Waals surface area contributed by atoms with E-state index in [9.17, 15) is 0 Å². The molecular formula is C11H14N2O. The van der Waals surface area contributed by atoms with Crippen LogP contribution in [0.1, 0.15) is 5.56 Å². The van der Waals surface area contributed by atoms with E-state index >= 15 is 0 Å². The molecule has 74 valence electrons. The maximum Gasteiger partial charge on any atom is 0.114 e. The number of rotatable bonds is 2. The van der Waals surface area contributed by atoms with Crippen LogP contribution in [0.2, 0.25) is 0 Å². The molecule has 0 fully saturated rings. The predicted octanol–water partition coefficient (Wildman–Crippen LogP) is 1.49. The highest BCUT2D eigenvalue weighted by molar-refractivity contribution is 5.21. The van der Waals surface area contributed by atoms with Crippen LogP contribution in [-0.4, -0.2) is 18.6 Å². The van der Waals surface area contributed by atoms with Gasteiger partial charge in [-0.3, -0.25) is 0 Å². The molecule has 14 heavy (non-hydrogen) atoms. The van der Waals surface area contributed by atoms with Gasteiger partial charge >= 0.3 is 0 Å². The molecule has 1 heterocycles. The largest absolute Gasteiger partial charge is 0.401 e. The molecule has 0 bridgehead atoms. The van der Waals surface area contributed by atoms with Crippen molar-refractivity contribution >= 4 is 0 Å². The lowest BCUT2D eigenvalue weighted by molar-refractivity contribution is -0.0273. The summed E-state index contributed by atoms with van der Waals surface area (Å²) in [5.74, 6) is 0. The Bertz CT molecular complexity index is 321.